The van der Waals surface area contributed by atoms with E-state index in [-0.39, 0.29) is 13.2 Å². The summed E-state index contributed by atoms with van der Waals surface area (Å²) in [5.41, 5.74) is 2.04. The Morgan fingerprint density at radius 3 is 2.58 bits per heavy atom. The zero-order valence-corrected chi connectivity index (χ0v) is 14.6. The van der Waals surface area contributed by atoms with Crippen molar-refractivity contribution in [2.45, 2.75) is 13.3 Å². The van der Waals surface area contributed by atoms with Gasteiger partial charge in [-0.25, -0.2) is 8.42 Å². The second kappa shape index (κ2) is 7.84. The molecule has 2 aromatic rings. The molecule has 0 aromatic heterocycles. The number of aryl methyl sites for hydroxylation is 1. The van der Waals surface area contributed by atoms with E-state index in [4.69, 9.17) is 10.00 Å². The van der Waals surface area contributed by atoms with Crippen molar-refractivity contribution in [3.05, 3.63) is 59.7 Å². The summed E-state index contributed by atoms with van der Waals surface area (Å²) in [6.07, 6.45) is 2.05. The van der Waals surface area contributed by atoms with Crippen molar-refractivity contribution in [1.82, 2.24) is 0 Å². The summed E-state index contributed by atoms with van der Waals surface area (Å²) in [5, 5.41) is 8.98. The monoisotopic (exact) mass is 344 g/mol. The number of anilines is 1. The molecule has 0 radical (unpaired) electrons. The van der Waals surface area contributed by atoms with Crippen molar-refractivity contribution >= 4 is 15.7 Å². The number of nitrogens with zero attached hydrogens (tertiary/aromatic N) is 2. The van der Waals surface area contributed by atoms with Crippen molar-refractivity contribution in [2.24, 2.45) is 0 Å². The lowest BCUT2D eigenvalue weighted by molar-refractivity contribution is 0.328. The number of hydrogen-bond donors (Lipinski definition) is 0. The van der Waals surface area contributed by atoms with Gasteiger partial charge in [-0.05, 0) is 42.3 Å². The number of benzene rings is 2. The van der Waals surface area contributed by atoms with E-state index in [0.717, 1.165) is 18.2 Å². The Morgan fingerprint density at radius 1 is 1.17 bits per heavy atom. The molecule has 0 saturated heterocycles. The first-order valence-corrected chi connectivity index (χ1v) is 9.48. The lowest BCUT2D eigenvalue weighted by atomic mass is 10.2. The van der Waals surface area contributed by atoms with Crippen LogP contribution in [0.3, 0.4) is 0 Å². The van der Waals surface area contributed by atoms with Crippen molar-refractivity contribution < 1.29 is 13.2 Å². The molecular formula is C18H20N2O3S. The first-order valence-electron chi connectivity index (χ1n) is 7.63. The van der Waals surface area contributed by atoms with Gasteiger partial charge in [0.05, 0.1) is 30.1 Å². The average molecular weight is 344 g/mol. The van der Waals surface area contributed by atoms with Gasteiger partial charge in [-0.1, -0.05) is 25.1 Å². The minimum atomic E-state index is -3.47. The summed E-state index contributed by atoms with van der Waals surface area (Å²) >= 11 is 0. The van der Waals surface area contributed by atoms with E-state index in [1.807, 2.05) is 30.3 Å². The lowest BCUT2D eigenvalue weighted by Crippen LogP contribution is -2.33. The van der Waals surface area contributed by atoms with Crippen LogP contribution in [0.1, 0.15) is 18.1 Å². The number of ether oxygens (including phenoxy) is 1. The van der Waals surface area contributed by atoms with Crippen LogP contribution in [-0.4, -0.2) is 27.8 Å². The first-order chi connectivity index (χ1) is 11.4. The maximum atomic E-state index is 12.1. The molecule has 0 bridgehead atoms. The molecule has 126 valence electrons. The summed E-state index contributed by atoms with van der Waals surface area (Å²) in [6, 6.07) is 16.3. The summed E-state index contributed by atoms with van der Waals surface area (Å²) in [4.78, 5) is 0. The van der Waals surface area contributed by atoms with Crippen LogP contribution in [0.5, 0.6) is 5.75 Å². The molecule has 0 aliphatic heterocycles. The second-order valence-electron chi connectivity index (χ2n) is 5.35. The van der Waals surface area contributed by atoms with Crippen LogP contribution in [0.4, 0.5) is 5.69 Å². The Balaban J connectivity index is 2.11. The number of sulfonamides is 1. The standard InChI is InChI=1S/C18H20N2O3S/c1-3-15-6-5-9-18(13-15)23-11-10-20(24(2,21)22)17-8-4-7-16(12-17)14-19/h4-9,12-13H,3,10-11H2,1-2H3. The molecule has 6 heteroatoms. The largest absolute Gasteiger partial charge is 0.492 e. The van der Waals surface area contributed by atoms with Crippen molar-refractivity contribution in [1.29, 1.82) is 5.26 Å². The molecule has 0 unspecified atom stereocenters. The Hall–Kier alpha value is -2.52. The van der Waals surface area contributed by atoms with E-state index in [1.54, 1.807) is 24.3 Å². The average Bonchev–Trinajstić information content (AvgIpc) is 2.58. The van der Waals surface area contributed by atoms with Crippen molar-refractivity contribution in [3.63, 3.8) is 0 Å². The Labute approximate surface area is 143 Å². The number of hydrogen-bond acceptors (Lipinski definition) is 4. The molecule has 24 heavy (non-hydrogen) atoms. The third-order valence-corrected chi connectivity index (χ3v) is 4.73. The summed E-state index contributed by atoms with van der Waals surface area (Å²) in [7, 11) is -3.47. The van der Waals surface area contributed by atoms with E-state index < -0.39 is 10.0 Å². The molecule has 0 spiro atoms. The highest BCUT2D eigenvalue weighted by molar-refractivity contribution is 7.92. The van der Waals surface area contributed by atoms with Gasteiger partial charge in [0.2, 0.25) is 10.0 Å². The van der Waals surface area contributed by atoms with Gasteiger partial charge in [0, 0.05) is 0 Å². The highest BCUT2D eigenvalue weighted by Crippen LogP contribution is 2.19. The molecule has 2 rings (SSSR count). The van der Waals surface area contributed by atoms with Gasteiger partial charge in [-0.3, -0.25) is 4.31 Å². The minimum absolute atomic E-state index is 0.171. The Morgan fingerprint density at radius 2 is 1.92 bits per heavy atom. The molecule has 0 heterocycles. The predicted molar refractivity (Wildman–Crippen MR) is 94.7 cm³/mol. The lowest BCUT2D eigenvalue weighted by Gasteiger charge is -2.22. The third-order valence-electron chi connectivity index (χ3n) is 3.53. The van der Waals surface area contributed by atoms with E-state index in [1.165, 1.54) is 4.31 Å². The zero-order valence-electron chi connectivity index (χ0n) is 13.8. The smallest absolute Gasteiger partial charge is 0.232 e. The molecule has 0 amide bonds. The Kier molecular flexibility index (Phi) is 5.83. The van der Waals surface area contributed by atoms with Crippen LogP contribution in [0.2, 0.25) is 0 Å². The van der Waals surface area contributed by atoms with Crippen LogP contribution in [0.25, 0.3) is 0 Å². The van der Waals surface area contributed by atoms with E-state index in [9.17, 15) is 8.42 Å². The molecule has 0 aliphatic carbocycles. The SMILES string of the molecule is CCc1cccc(OCCN(c2cccc(C#N)c2)S(C)(=O)=O)c1. The van der Waals surface area contributed by atoms with Crippen LogP contribution in [-0.2, 0) is 16.4 Å². The summed E-state index contributed by atoms with van der Waals surface area (Å²) in [6.45, 7) is 2.45. The molecule has 0 saturated carbocycles. The fourth-order valence-corrected chi connectivity index (χ4v) is 3.22. The van der Waals surface area contributed by atoms with Gasteiger partial charge < -0.3 is 4.74 Å². The molecule has 0 N–H and O–H groups in total. The quantitative estimate of drug-likeness (QED) is 0.774. The van der Waals surface area contributed by atoms with Gasteiger partial charge in [0.1, 0.15) is 12.4 Å². The van der Waals surface area contributed by atoms with E-state index in [0.29, 0.717) is 17.0 Å². The van der Waals surface area contributed by atoms with Crippen LogP contribution in [0.15, 0.2) is 48.5 Å². The molecular weight excluding hydrogens is 324 g/mol. The zero-order chi connectivity index (χ0) is 17.6. The van der Waals surface area contributed by atoms with Gasteiger partial charge >= 0.3 is 0 Å². The van der Waals surface area contributed by atoms with E-state index >= 15 is 0 Å². The fourth-order valence-electron chi connectivity index (χ4n) is 2.32. The first kappa shape index (κ1) is 17.8. The van der Waals surface area contributed by atoms with Crippen LogP contribution in [0, 0.1) is 11.3 Å². The van der Waals surface area contributed by atoms with Crippen LogP contribution < -0.4 is 9.04 Å². The molecule has 5 nitrogen and oxygen atoms in total. The predicted octanol–water partition coefficient (Wildman–Crippen LogP) is 2.97. The topological polar surface area (TPSA) is 70.4 Å². The molecule has 0 fully saturated rings. The summed E-state index contributed by atoms with van der Waals surface area (Å²) in [5.74, 6) is 0.716. The van der Waals surface area contributed by atoms with Crippen molar-refractivity contribution in [2.75, 3.05) is 23.7 Å². The fraction of sp³-hybridized carbons (Fsp3) is 0.278. The van der Waals surface area contributed by atoms with E-state index in [2.05, 4.69) is 6.92 Å². The molecule has 0 aliphatic rings. The highest BCUT2D eigenvalue weighted by Gasteiger charge is 2.17. The second-order valence-corrected chi connectivity index (χ2v) is 7.25. The maximum Gasteiger partial charge on any atom is 0.232 e. The minimum Gasteiger partial charge on any atom is -0.492 e. The van der Waals surface area contributed by atoms with Gasteiger partial charge in [0.25, 0.3) is 0 Å². The number of nitriles is 1. The van der Waals surface area contributed by atoms with Crippen LogP contribution >= 0.6 is 0 Å². The van der Waals surface area contributed by atoms with Crippen molar-refractivity contribution in [3.8, 4) is 11.8 Å². The van der Waals surface area contributed by atoms with Gasteiger partial charge in [-0.2, -0.15) is 5.26 Å². The molecule has 2 aromatic carbocycles. The number of rotatable bonds is 7. The molecule has 0 atom stereocenters. The maximum absolute atomic E-state index is 12.1. The Bertz CT molecular complexity index is 841. The van der Waals surface area contributed by atoms with Gasteiger partial charge in [-0.15, -0.1) is 0 Å². The summed E-state index contributed by atoms with van der Waals surface area (Å²) < 4.78 is 31.1. The highest BCUT2D eigenvalue weighted by atomic mass is 32.2. The van der Waals surface area contributed by atoms with Gasteiger partial charge in [0.15, 0.2) is 0 Å². The normalized spacial score (nSPS) is 10.9. The third kappa shape index (κ3) is 4.74.